The zero-order valence-corrected chi connectivity index (χ0v) is 21.1. The minimum Gasteiger partial charge on any atom is -0.387 e. The molecular formula is C22H24F2N6O9S. The first-order valence-corrected chi connectivity index (χ1v) is 13.2. The van der Waals surface area contributed by atoms with E-state index in [1.807, 2.05) is 0 Å². The minimum absolute atomic E-state index is 0.0580. The predicted molar refractivity (Wildman–Crippen MR) is 128 cm³/mol. The molecule has 0 bridgehead atoms. The Kier molecular flexibility index (Phi) is 6.97. The predicted octanol–water partition coefficient (Wildman–Crippen LogP) is -1.24. The van der Waals surface area contributed by atoms with Crippen LogP contribution in [0.1, 0.15) is 36.3 Å². The van der Waals surface area contributed by atoms with E-state index in [0.717, 1.165) is 6.33 Å². The fourth-order valence-corrected chi connectivity index (χ4v) is 5.59. The molecule has 15 nitrogen and oxygen atoms in total. The van der Waals surface area contributed by atoms with Gasteiger partial charge in [-0.15, -0.1) is 0 Å². The number of hydrogen-bond donors (Lipinski definition) is 6. The molecule has 2 aliphatic rings. The van der Waals surface area contributed by atoms with Crippen LogP contribution in [0.2, 0.25) is 0 Å². The number of halogens is 2. The Morgan fingerprint density at radius 2 is 1.90 bits per heavy atom. The van der Waals surface area contributed by atoms with Gasteiger partial charge in [-0.2, -0.15) is 17.2 Å². The molecule has 6 atom stereocenters. The fourth-order valence-electron chi connectivity index (χ4n) is 4.84. The van der Waals surface area contributed by atoms with E-state index in [0.29, 0.717) is 0 Å². The van der Waals surface area contributed by atoms with Crippen LogP contribution < -0.4 is 10.5 Å². The number of benzene rings is 1. The Bertz CT molecular complexity index is 1560. The molecule has 7 N–H and O–H groups in total. The average Bonchev–Trinajstić information content (AvgIpc) is 3.50. The van der Waals surface area contributed by atoms with Gasteiger partial charge in [-0.3, -0.25) is 13.5 Å². The van der Waals surface area contributed by atoms with Gasteiger partial charge in [0.05, 0.1) is 12.9 Å². The number of aliphatic hydroxyl groups is 4. The zero-order chi connectivity index (χ0) is 29.0. The summed E-state index contributed by atoms with van der Waals surface area (Å²) >= 11 is 0. The number of nitrogens with two attached hydrogens (primary N) is 1. The van der Waals surface area contributed by atoms with Crippen LogP contribution in [0.5, 0.6) is 0 Å². The smallest absolute Gasteiger partial charge is 0.362 e. The Labute approximate surface area is 224 Å². The normalized spacial score (nSPS) is 29.5. The summed E-state index contributed by atoms with van der Waals surface area (Å²) in [4.78, 5) is 24.1. The molecule has 3 aromatic rings. The minimum atomic E-state index is -4.83. The van der Waals surface area contributed by atoms with Gasteiger partial charge in [0.25, 0.3) is 0 Å². The van der Waals surface area contributed by atoms with Crippen molar-refractivity contribution >= 4 is 33.2 Å². The summed E-state index contributed by atoms with van der Waals surface area (Å²) in [5.74, 6) is -5.27. The van der Waals surface area contributed by atoms with Crippen molar-refractivity contribution in [1.29, 1.82) is 0 Å². The number of rotatable bonds is 8. The van der Waals surface area contributed by atoms with E-state index in [1.54, 1.807) is 0 Å². The second kappa shape index (κ2) is 9.91. The van der Waals surface area contributed by atoms with Crippen molar-refractivity contribution < 1.29 is 51.3 Å². The molecule has 1 amide bonds. The van der Waals surface area contributed by atoms with Crippen molar-refractivity contribution in [2.24, 2.45) is 0 Å². The van der Waals surface area contributed by atoms with Crippen LogP contribution in [-0.2, 0) is 29.6 Å². The first-order valence-electron chi connectivity index (χ1n) is 11.8. The van der Waals surface area contributed by atoms with Gasteiger partial charge in [0.15, 0.2) is 23.3 Å². The molecule has 1 aliphatic carbocycles. The van der Waals surface area contributed by atoms with Gasteiger partial charge < -0.3 is 30.9 Å². The molecule has 216 valence electrons. The summed E-state index contributed by atoms with van der Waals surface area (Å²) in [6.45, 7) is -0.845. The number of nitrogen functional groups attached to an aromatic ring is 1. The van der Waals surface area contributed by atoms with Crippen molar-refractivity contribution in [1.82, 2.24) is 24.2 Å². The number of ether oxygens (including phenoxy) is 1. The van der Waals surface area contributed by atoms with Crippen molar-refractivity contribution in [3.05, 3.63) is 48.0 Å². The van der Waals surface area contributed by atoms with Crippen LogP contribution in [0.4, 0.5) is 14.6 Å². The Balaban J connectivity index is 1.20. The van der Waals surface area contributed by atoms with E-state index in [-0.39, 0.29) is 28.1 Å². The number of hydrogen-bond acceptors (Lipinski definition) is 13. The number of aromatic nitrogens is 4. The summed E-state index contributed by atoms with van der Waals surface area (Å²) < 4.78 is 67.1. The highest BCUT2D eigenvalue weighted by molar-refractivity contribution is 7.85. The summed E-state index contributed by atoms with van der Waals surface area (Å²) in [7, 11) is -4.83. The monoisotopic (exact) mass is 586 g/mol. The second-order valence-corrected chi connectivity index (χ2v) is 10.7. The zero-order valence-electron chi connectivity index (χ0n) is 20.3. The Hall–Kier alpha value is -3.39. The number of carbonyl (C=O) groups excluding carboxylic acids is 1. The maximum atomic E-state index is 14.7. The lowest BCUT2D eigenvalue weighted by atomic mass is 9.88. The van der Waals surface area contributed by atoms with E-state index in [4.69, 9.17) is 14.7 Å². The standard InChI is InChI=1S/C22H24F2N6O9S/c23-22(24)17(34)10-3-1-2-4-11(10)21(22,35)6-5-13(31)29-40(36,37)38-7-12-15(32)16(33)20(39-12)30-9-28-14-18(25)26-8-27-19(14)30/h1-4,8-9,12,15-17,20,32-35H,5-7H2,(H,29,31)(H2,25,26,27)/t12-,15-,16-,17+,20-,21-/m1/s1. The maximum absolute atomic E-state index is 14.7. The average molecular weight is 587 g/mol. The number of amides is 1. The molecule has 0 radical (unpaired) electrons. The quantitative estimate of drug-likeness (QED) is 0.181. The number of imidazole rings is 1. The molecule has 1 aliphatic heterocycles. The largest absolute Gasteiger partial charge is 0.387 e. The molecule has 40 heavy (non-hydrogen) atoms. The maximum Gasteiger partial charge on any atom is 0.362 e. The van der Waals surface area contributed by atoms with Crippen molar-refractivity contribution in [2.45, 2.75) is 55.0 Å². The van der Waals surface area contributed by atoms with Crippen molar-refractivity contribution in [3.63, 3.8) is 0 Å². The highest BCUT2D eigenvalue weighted by atomic mass is 32.2. The number of fused-ring (bicyclic) bond motifs is 2. The third-order valence-corrected chi connectivity index (χ3v) is 7.86. The molecule has 0 saturated carbocycles. The number of aliphatic hydroxyl groups excluding tert-OH is 3. The van der Waals surface area contributed by atoms with Gasteiger partial charge in [-0.25, -0.2) is 19.7 Å². The van der Waals surface area contributed by atoms with E-state index >= 15 is 0 Å². The van der Waals surface area contributed by atoms with Gasteiger partial charge in [0.1, 0.15) is 36.3 Å². The fraction of sp³-hybridized carbons (Fsp3) is 0.455. The molecule has 1 saturated heterocycles. The molecule has 1 fully saturated rings. The van der Waals surface area contributed by atoms with Crippen LogP contribution in [0.15, 0.2) is 36.9 Å². The number of nitrogens with zero attached hydrogens (tertiary/aromatic N) is 4. The van der Waals surface area contributed by atoms with E-state index < -0.39 is 77.8 Å². The van der Waals surface area contributed by atoms with Crippen LogP contribution in [-0.4, -0.2) is 85.1 Å². The Morgan fingerprint density at radius 1 is 1.18 bits per heavy atom. The summed E-state index contributed by atoms with van der Waals surface area (Å²) in [6, 6.07) is 5.16. The molecule has 3 heterocycles. The molecule has 1 aromatic carbocycles. The molecule has 18 heteroatoms. The highest BCUT2D eigenvalue weighted by Crippen LogP contribution is 2.56. The molecule has 5 rings (SSSR count). The number of carbonyl (C=O) groups is 1. The van der Waals surface area contributed by atoms with Gasteiger partial charge >= 0.3 is 16.2 Å². The summed E-state index contributed by atoms with van der Waals surface area (Å²) in [5, 5.41) is 41.5. The van der Waals surface area contributed by atoms with Crippen molar-refractivity contribution in [3.8, 4) is 0 Å². The first kappa shape index (κ1) is 28.1. The van der Waals surface area contributed by atoms with Crippen LogP contribution in [0.3, 0.4) is 0 Å². The number of alkyl halides is 2. The van der Waals surface area contributed by atoms with Gasteiger partial charge in [0.2, 0.25) is 5.91 Å². The van der Waals surface area contributed by atoms with E-state index in [2.05, 4.69) is 15.0 Å². The van der Waals surface area contributed by atoms with Crippen LogP contribution >= 0.6 is 0 Å². The van der Waals surface area contributed by atoms with Gasteiger partial charge in [-0.1, -0.05) is 24.3 Å². The van der Waals surface area contributed by atoms with E-state index in [9.17, 15) is 42.4 Å². The lowest BCUT2D eigenvalue weighted by Gasteiger charge is -2.31. The van der Waals surface area contributed by atoms with E-state index in [1.165, 1.54) is 39.9 Å². The van der Waals surface area contributed by atoms with Gasteiger partial charge in [0, 0.05) is 6.42 Å². The Morgan fingerprint density at radius 3 is 2.65 bits per heavy atom. The van der Waals surface area contributed by atoms with Crippen LogP contribution in [0, 0.1) is 0 Å². The topological polar surface area (TPSA) is 232 Å². The highest BCUT2D eigenvalue weighted by Gasteiger charge is 2.64. The van der Waals surface area contributed by atoms with Gasteiger partial charge in [-0.05, 0) is 17.5 Å². The van der Waals surface area contributed by atoms with Crippen molar-refractivity contribution in [2.75, 3.05) is 12.3 Å². The molecular weight excluding hydrogens is 562 g/mol. The SMILES string of the molecule is Nc1ncnc2c1ncn2[C@@H]1O[C@H](COS(=O)(=O)NC(=O)CC[C@@]2(O)c3ccccc3[C@H](O)C2(F)F)[C@@H](O)[C@H]1O. The third-order valence-electron chi connectivity index (χ3n) is 6.93. The molecule has 2 aromatic heterocycles. The molecule has 0 spiro atoms. The lowest BCUT2D eigenvalue weighted by Crippen LogP contribution is -2.45. The third kappa shape index (κ3) is 4.56. The number of anilines is 1. The summed E-state index contributed by atoms with van der Waals surface area (Å²) in [6.07, 6.45) is -7.56. The van der Waals surface area contributed by atoms with Crippen LogP contribution in [0.25, 0.3) is 11.2 Å². The number of nitrogens with one attached hydrogen (secondary N) is 1. The first-order chi connectivity index (χ1) is 18.8. The second-order valence-electron chi connectivity index (χ2n) is 9.37. The summed E-state index contributed by atoms with van der Waals surface area (Å²) in [5.41, 5.74) is 2.70. The molecule has 0 unspecified atom stereocenters. The lowest BCUT2D eigenvalue weighted by molar-refractivity contribution is -0.226.